The summed E-state index contributed by atoms with van der Waals surface area (Å²) in [6.45, 7) is 5.62. The molecular weight excluding hydrogens is 190 g/mol. The smallest absolute Gasteiger partial charge is 0.330 e. The summed E-state index contributed by atoms with van der Waals surface area (Å²) in [5, 5.41) is 0. The summed E-state index contributed by atoms with van der Waals surface area (Å²) in [6, 6.07) is 0. The van der Waals surface area contributed by atoms with E-state index in [0.29, 0.717) is 0 Å². The summed E-state index contributed by atoms with van der Waals surface area (Å²) < 4.78 is 4.64. The summed E-state index contributed by atoms with van der Waals surface area (Å²) in [7, 11) is 1.43. The van der Waals surface area contributed by atoms with Gasteiger partial charge in [-0.15, -0.1) is 0 Å². The molecular formula is C12H21NO2. The Labute approximate surface area is 92.1 Å². The van der Waals surface area contributed by atoms with E-state index in [0.717, 1.165) is 32.4 Å². The van der Waals surface area contributed by atoms with Crippen LogP contribution in [0, 0.1) is 0 Å². The minimum absolute atomic E-state index is 0.214. The molecule has 15 heavy (non-hydrogen) atoms. The maximum Gasteiger partial charge on any atom is 0.330 e. The van der Waals surface area contributed by atoms with E-state index in [1.807, 2.05) is 0 Å². The van der Waals surface area contributed by atoms with Gasteiger partial charge in [-0.05, 0) is 38.8 Å². The second kappa shape index (κ2) is 6.62. The van der Waals surface area contributed by atoms with Crippen molar-refractivity contribution < 1.29 is 9.53 Å². The van der Waals surface area contributed by atoms with E-state index < -0.39 is 0 Å². The van der Waals surface area contributed by atoms with Gasteiger partial charge in [-0.1, -0.05) is 12.5 Å². The number of carbonyl (C=O) groups is 1. The van der Waals surface area contributed by atoms with Crippen molar-refractivity contribution in [1.82, 2.24) is 4.90 Å². The molecule has 0 N–H and O–H groups in total. The van der Waals surface area contributed by atoms with Gasteiger partial charge in [0.2, 0.25) is 0 Å². The Morgan fingerprint density at radius 3 is 2.93 bits per heavy atom. The summed E-state index contributed by atoms with van der Waals surface area (Å²) in [5.74, 6) is -0.214. The van der Waals surface area contributed by atoms with Gasteiger partial charge in [-0.2, -0.15) is 0 Å². The number of hydrogen-bond donors (Lipinski definition) is 0. The van der Waals surface area contributed by atoms with Crippen LogP contribution in [0.4, 0.5) is 0 Å². The van der Waals surface area contributed by atoms with Gasteiger partial charge in [0, 0.05) is 12.6 Å². The van der Waals surface area contributed by atoms with Gasteiger partial charge in [-0.25, -0.2) is 4.79 Å². The summed E-state index contributed by atoms with van der Waals surface area (Å²) in [6.07, 6.45) is 6.07. The number of carbonyl (C=O) groups excluding carboxylic acids is 1. The quantitative estimate of drug-likeness (QED) is 0.528. The van der Waals surface area contributed by atoms with Crippen molar-refractivity contribution in [2.45, 2.75) is 32.6 Å². The highest BCUT2D eigenvalue weighted by Gasteiger charge is 2.11. The first-order valence-electron chi connectivity index (χ1n) is 5.76. The van der Waals surface area contributed by atoms with Crippen LogP contribution in [0.5, 0.6) is 0 Å². The Balaban J connectivity index is 2.45. The minimum atomic E-state index is -0.214. The number of likely N-dealkylation sites (tertiary alicyclic amines) is 1. The van der Waals surface area contributed by atoms with Crippen molar-refractivity contribution in [2.24, 2.45) is 0 Å². The lowest BCUT2D eigenvalue weighted by Gasteiger charge is -2.17. The fourth-order valence-electron chi connectivity index (χ4n) is 1.98. The predicted octanol–water partition coefficient (Wildman–Crippen LogP) is 1.98. The van der Waals surface area contributed by atoms with Crippen LogP contribution in [0.3, 0.4) is 0 Å². The molecule has 0 spiro atoms. The molecule has 0 aliphatic carbocycles. The first-order valence-corrected chi connectivity index (χ1v) is 5.76. The van der Waals surface area contributed by atoms with Crippen LogP contribution in [0.15, 0.2) is 11.6 Å². The Hall–Kier alpha value is -0.830. The molecule has 3 heteroatoms. The Kier molecular flexibility index (Phi) is 5.40. The number of nitrogens with zero attached hydrogens (tertiary/aromatic N) is 1. The molecule has 1 aliphatic rings. The molecule has 0 saturated carbocycles. The van der Waals surface area contributed by atoms with Crippen LogP contribution in [-0.4, -0.2) is 37.6 Å². The molecule has 0 atom stereocenters. The van der Waals surface area contributed by atoms with Gasteiger partial charge in [0.1, 0.15) is 0 Å². The largest absolute Gasteiger partial charge is 0.466 e. The average molecular weight is 211 g/mol. The highest BCUT2D eigenvalue weighted by atomic mass is 16.5. The van der Waals surface area contributed by atoms with Crippen molar-refractivity contribution in [2.75, 3.05) is 26.7 Å². The SMILES string of the molecule is CCCN1CCCC(=CC(=O)OC)CC1. The van der Waals surface area contributed by atoms with E-state index in [4.69, 9.17) is 0 Å². The third-order valence-electron chi connectivity index (χ3n) is 2.78. The topological polar surface area (TPSA) is 29.5 Å². The number of hydrogen-bond acceptors (Lipinski definition) is 3. The molecule has 1 rings (SSSR count). The van der Waals surface area contributed by atoms with Gasteiger partial charge in [0.15, 0.2) is 0 Å². The number of methoxy groups -OCH3 is 1. The number of esters is 1. The third-order valence-corrected chi connectivity index (χ3v) is 2.78. The van der Waals surface area contributed by atoms with Gasteiger partial charge in [0.25, 0.3) is 0 Å². The van der Waals surface area contributed by atoms with Gasteiger partial charge >= 0.3 is 5.97 Å². The molecule has 0 unspecified atom stereocenters. The summed E-state index contributed by atoms with van der Waals surface area (Å²) in [5.41, 5.74) is 1.24. The predicted molar refractivity (Wildman–Crippen MR) is 60.7 cm³/mol. The molecule has 0 amide bonds. The standard InChI is InChI=1S/C12H21NO2/c1-3-7-13-8-4-5-11(6-9-13)10-12(14)15-2/h10H,3-9H2,1-2H3. The van der Waals surface area contributed by atoms with Crippen LogP contribution in [0.2, 0.25) is 0 Å². The second-order valence-corrected chi connectivity index (χ2v) is 4.02. The first kappa shape index (κ1) is 12.2. The fourth-order valence-corrected chi connectivity index (χ4v) is 1.98. The molecule has 1 heterocycles. The molecule has 0 bridgehead atoms. The van der Waals surface area contributed by atoms with Crippen molar-refractivity contribution in [3.8, 4) is 0 Å². The lowest BCUT2D eigenvalue weighted by atomic mass is 10.1. The molecule has 1 saturated heterocycles. The summed E-state index contributed by atoms with van der Waals surface area (Å²) >= 11 is 0. The van der Waals surface area contributed by atoms with Crippen LogP contribution in [0.1, 0.15) is 32.6 Å². The zero-order chi connectivity index (χ0) is 11.1. The zero-order valence-corrected chi connectivity index (χ0v) is 9.79. The molecule has 0 aromatic heterocycles. The third kappa shape index (κ3) is 4.47. The van der Waals surface area contributed by atoms with E-state index >= 15 is 0 Å². The Morgan fingerprint density at radius 1 is 1.47 bits per heavy atom. The van der Waals surface area contributed by atoms with E-state index in [9.17, 15) is 4.79 Å². The molecule has 0 radical (unpaired) electrons. The monoisotopic (exact) mass is 211 g/mol. The molecule has 0 aromatic carbocycles. The van der Waals surface area contributed by atoms with Crippen molar-refractivity contribution >= 4 is 5.97 Å². The second-order valence-electron chi connectivity index (χ2n) is 4.02. The number of rotatable bonds is 3. The number of ether oxygens (including phenoxy) is 1. The van der Waals surface area contributed by atoms with E-state index in [2.05, 4.69) is 16.6 Å². The highest BCUT2D eigenvalue weighted by molar-refractivity contribution is 5.82. The van der Waals surface area contributed by atoms with Crippen molar-refractivity contribution in [3.63, 3.8) is 0 Å². The van der Waals surface area contributed by atoms with Crippen molar-refractivity contribution in [3.05, 3.63) is 11.6 Å². The molecule has 1 fully saturated rings. The summed E-state index contributed by atoms with van der Waals surface area (Å²) in [4.78, 5) is 13.6. The van der Waals surface area contributed by atoms with E-state index in [-0.39, 0.29) is 5.97 Å². The van der Waals surface area contributed by atoms with Gasteiger partial charge in [0.05, 0.1) is 7.11 Å². The molecule has 1 aliphatic heterocycles. The van der Waals surface area contributed by atoms with Crippen LogP contribution < -0.4 is 0 Å². The molecule has 0 aromatic rings. The maximum absolute atomic E-state index is 11.1. The Morgan fingerprint density at radius 2 is 2.27 bits per heavy atom. The van der Waals surface area contributed by atoms with E-state index in [1.165, 1.54) is 25.6 Å². The molecule has 3 nitrogen and oxygen atoms in total. The highest BCUT2D eigenvalue weighted by Crippen LogP contribution is 2.16. The van der Waals surface area contributed by atoms with Crippen LogP contribution in [-0.2, 0) is 9.53 Å². The first-order chi connectivity index (χ1) is 7.26. The fraction of sp³-hybridized carbons (Fsp3) is 0.750. The molecule has 86 valence electrons. The average Bonchev–Trinajstić information content (AvgIpc) is 2.45. The van der Waals surface area contributed by atoms with E-state index in [1.54, 1.807) is 6.08 Å². The lowest BCUT2D eigenvalue weighted by Crippen LogP contribution is -2.25. The normalized spacial score (nSPS) is 21.3. The van der Waals surface area contributed by atoms with Crippen LogP contribution >= 0.6 is 0 Å². The Bertz CT molecular complexity index is 236. The lowest BCUT2D eigenvalue weighted by molar-refractivity contribution is -0.134. The zero-order valence-electron chi connectivity index (χ0n) is 9.79. The van der Waals surface area contributed by atoms with Gasteiger partial charge < -0.3 is 9.64 Å². The van der Waals surface area contributed by atoms with Crippen molar-refractivity contribution in [1.29, 1.82) is 0 Å². The van der Waals surface area contributed by atoms with Gasteiger partial charge in [-0.3, -0.25) is 0 Å². The van der Waals surface area contributed by atoms with Crippen LogP contribution in [0.25, 0.3) is 0 Å². The minimum Gasteiger partial charge on any atom is -0.466 e. The maximum atomic E-state index is 11.1.